The highest BCUT2D eigenvalue weighted by Gasteiger charge is 2.42. The van der Waals surface area contributed by atoms with E-state index in [2.05, 4.69) is 20.9 Å². The van der Waals surface area contributed by atoms with Crippen LogP contribution in [0, 0.1) is 24.7 Å². The van der Waals surface area contributed by atoms with E-state index in [1.807, 2.05) is 64.1 Å². The number of amides is 3. The smallest absolute Gasteiger partial charge is 0.251 e. The standard InChI is InChI=1S/C39H56N4O5/c1-25-13-12-18-30(19-25)36(46)41-35(26(2)20-27(3)44)38(48)40-32(21-28-14-8-7-9-15-28)34(45)24-43-23-31-17-11-10-16-29(31)22-33(43)37(47)42-39(4,5)6/h7-9,12-15,18-19,26,29,31-35,45H,10-11,16-17,20-24H2,1-6H3,(H,40,48)(H,41,46)(H,42,47)/t26?,29-,31?,32-,33-,34+,35-/m0/s1. The number of β-amino-alcohol motifs (C(OH)–C–C–N with tert-alkyl or cyclic N) is 1. The van der Waals surface area contributed by atoms with Gasteiger partial charge in [-0.15, -0.1) is 0 Å². The van der Waals surface area contributed by atoms with Crippen molar-refractivity contribution in [1.82, 2.24) is 20.9 Å². The summed E-state index contributed by atoms with van der Waals surface area (Å²) in [6, 6.07) is 14.7. The van der Waals surface area contributed by atoms with Crippen LogP contribution < -0.4 is 16.0 Å². The van der Waals surface area contributed by atoms with Gasteiger partial charge >= 0.3 is 0 Å². The summed E-state index contributed by atoms with van der Waals surface area (Å²) in [5.74, 6) is -0.503. The second kappa shape index (κ2) is 16.7. The van der Waals surface area contributed by atoms with Gasteiger partial charge in [-0.25, -0.2) is 0 Å². The first-order valence-electron chi connectivity index (χ1n) is 17.7. The maximum absolute atomic E-state index is 14.1. The Kier molecular flexibility index (Phi) is 13.0. The van der Waals surface area contributed by atoms with Crippen molar-refractivity contribution in [3.8, 4) is 0 Å². The van der Waals surface area contributed by atoms with Crippen LogP contribution in [0.15, 0.2) is 54.6 Å². The molecule has 1 heterocycles. The maximum Gasteiger partial charge on any atom is 0.251 e. The molecule has 1 saturated heterocycles. The molecule has 2 fully saturated rings. The number of benzene rings is 2. The van der Waals surface area contributed by atoms with Gasteiger partial charge in [0, 0.05) is 30.6 Å². The molecule has 48 heavy (non-hydrogen) atoms. The van der Waals surface area contributed by atoms with Gasteiger partial charge in [0.2, 0.25) is 11.8 Å². The fourth-order valence-electron chi connectivity index (χ4n) is 7.47. The summed E-state index contributed by atoms with van der Waals surface area (Å²) in [7, 11) is 0. The lowest BCUT2D eigenvalue weighted by Crippen LogP contribution is -2.61. The number of aliphatic hydroxyl groups is 1. The Morgan fingerprint density at radius 3 is 2.29 bits per heavy atom. The molecule has 2 aliphatic rings. The Bertz CT molecular complexity index is 1410. The van der Waals surface area contributed by atoms with Crippen LogP contribution in [-0.4, -0.2) is 76.4 Å². The van der Waals surface area contributed by atoms with Crippen molar-refractivity contribution in [2.24, 2.45) is 17.8 Å². The van der Waals surface area contributed by atoms with E-state index in [0.717, 1.165) is 36.9 Å². The number of aryl methyl sites for hydroxylation is 1. The highest BCUT2D eigenvalue weighted by atomic mass is 16.3. The molecule has 3 amide bonds. The van der Waals surface area contributed by atoms with Crippen molar-refractivity contribution in [2.45, 2.75) is 116 Å². The number of hydrogen-bond donors (Lipinski definition) is 4. The molecular weight excluding hydrogens is 604 g/mol. The summed E-state index contributed by atoms with van der Waals surface area (Å²) in [4.78, 5) is 55.3. The Labute approximate surface area is 286 Å². The van der Waals surface area contributed by atoms with Crippen molar-refractivity contribution in [2.75, 3.05) is 13.1 Å². The molecule has 262 valence electrons. The number of carbonyl (C=O) groups is 4. The second-order valence-corrected chi connectivity index (χ2v) is 15.3. The molecule has 0 aromatic heterocycles. The van der Waals surface area contributed by atoms with Gasteiger partial charge in [0.25, 0.3) is 5.91 Å². The molecule has 0 bridgehead atoms. The minimum Gasteiger partial charge on any atom is -0.390 e. The van der Waals surface area contributed by atoms with Gasteiger partial charge in [-0.05, 0) is 89.3 Å². The van der Waals surface area contributed by atoms with E-state index in [1.54, 1.807) is 25.1 Å². The molecule has 9 nitrogen and oxygen atoms in total. The average Bonchev–Trinajstić information content (AvgIpc) is 3.02. The van der Waals surface area contributed by atoms with Crippen molar-refractivity contribution >= 4 is 23.5 Å². The number of hydrogen-bond acceptors (Lipinski definition) is 6. The minimum absolute atomic E-state index is 0.0284. The maximum atomic E-state index is 14.1. The van der Waals surface area contributed by atoms with Gasteiger partial charge < -0.3 is 25.9 Å². The molecule has 4 rings (SSSR count). The molecule has 2 aromatic rings. The van der Waals surface area contributed by atoms with Crippen LogP contribution in [-0.2, 0) is 20.8 Å². The van der Waals surface area contributed by atoms with Gasteiger partial charge in [0.1, 0.15) is 11.8 Å². The third-order valence-corrected chi connectivity index (χ3v) is 9.84. The number of nitrogens with zero attached hydrogens (tertiary/aromatic N) is 1. The predicted molar refractivity (Wildman–Crippen MR) is 188 cm³/mol. The summed E-state index contributed by atoms with van der Waals surface area (Å²) in [5, 5.41) is 21.0. The van der Waals surface area contributed by atoms with Crippen molar-refractivity contribution in [3.63, 3.8) is 0 Å². The van der Waals surface area contributed by atoms with E-state index < -0.39 is 35.9 Å². The van der Waals surface area contributed by atoms with E-state index in [0.29, 0.717) is 23.8 Å². The Morgan fingerprint density at radius 1 is 0.958 bits per heavy atom. The largest absolute Gasteiger partial charge is 0.390 e. The van der Waals surface area contributed by atoms with E-state index >= 15 is 0 Å². The van der Waals surface area contributed by atoms with Crippen molar-refractivity contribution < 1.29 is 24.3 Å². The highest BCUT2D eigenvalue weighted by Crippen LogP contribution is 2.39. The number of ketones is 1. The van der Waals surface area contributed by atoms with E-state index in [1.165, 1.54) is 19.8 Å². The molecule has 7 atom stereocenters. The summed E-state index contributed by atoms with van der Waals surface area (Å²) in [6.45, 7) is 12.0. The fourth-order valence-corrected chi connectivity index (χ4v) is 7.47. The number of piperidine rings is 1. The van der Waals surface area contributed by atoms with Crippen LogP contribution in [0.1, 0.15) is 94.6 Å². The molecule has 1 aliphatic carbocycles. The van der Waals surface area contributed by atoms with Gasteiger partial charge in [-0.3, -0.25) is 19.3 Å². The SMILES string of the molecule is CC(=O)CC(C)[C@H](NC(=O)c1cccc(C)c1)C(=O)N[C@@H](Cc1ccccc1)[C@H](O)CN1CC2CCCC[C@H]2C[C@H]1C(=O)NC(C)(C)C. The summed E-state index contributed by atoms with van der Waals surface area (Å²) < 4.78 is 0. The van der Waals surface area contributed by atoms with E-state index in [4.69, 9.17) is 0 Å². The van der Waals surface area contributed by atoms with Crippen LogP contribution >= 0.6 is 0 Å². The predicted octanol–water partition coefficient (Wildman–Crippen LogP) is 4.59. The van der Waals surface area contributed by atoms with Gasteiger partial charge in [0.15, 0.2) is 0 Å². The first kappa shape index (κ1) is 37.3. The summed E-state index contributed by atoms with van der Waals surface area (Å²) in [5.41, 5.74) is 1.89. The lowest BCUT2D eigenvalue weighted by Gasteiger charge is -2.47. The topological polar surface area (TPSA) is 128 Å². The van der Waals surface area contributed by atoms with Crippen LogP contribution in [0.5, 0.6) is 0 Å². The van der Waals surface area contributed by atoms with Crippen LogP contribution in [0.25, 0.3) is 0 Å². The number of nitrogens with one attached hydrogen (secondary N) is 3. The summed E-state index contributed by atoms with van der Waals surface area (Å²) in [6.07, 6.45) is 4.82. The van der Waals surface area contributed by atoms with Crippen LogP contribution in [0.2, 0.25) is 0 Å². The van der Waals surface area contributed by atoms with Gasteiger partial charge in [-0.1, -0.05) is 74.2 Å². The first-order valence-corrected chi connectivity index (χ1v) is 17.7. The second-order valence-electron chi connectivity index (χ2n) is 15.3. The highest BCUT2D eigenvalue weighted by molar-refractivity contribution is 5.98. The molecule has 4 N–H and O–H groups in total. The number of fused-ring (bicyclic) bond motifs is 1. The number of rotatable bonds is 13. The fraction of sp³-hybridized carbons (Fsp3) is 0.590. The number of aliphatic hydroxyl groups excluding tert-OH is 1. The molecule has 1 aliphatic heterocycles. The zero-order valence-corrected chi connectivity index (χ0v) is 29.6. The Balaban J connectivity index is 1.58. The molecule has 2 aromatic carbocycles. The molecule has 0 radical (unpaired) electrons. The zero-order valence-electron chi connectivity index (χ0n) is 29.6. The van der Waals surface area contributed by atoms with Crippen molar-refractivity contribution in [3.05, 3.63) is 71.3 Å². The number of likely N-dealkylation sites (tertiary alicyclic amines) is 1. The summed E-state index contributed by atoms with van der Waals surface area (Å²) >= 11 is 0. The van der Waals surface area contributed by atoms with E-state index in [-0.39, 0.29) is 36.2 Å². The van der Waals surface area contributed by atoms with Gasteiger partial charge in [-0.2, -0.15) is 0 Å². The molecule has 2 unspecified atom stereocenters. The zero-order chi connectivity index (χ0) is 35.0. The molecule has 0 spiro atoms. The molecular formula is C39H56N4O5. The Hall–Kier alpha value is -3.56. The van der Waals surface area contributed by atoms with Crippen LogP contribution in [0.4, 0.5) is 0 Å². The van der Waals surface area contributed by atoms with Crippen LogP contribution in [0.3, 0.4) is 0 Å². The minimum atomic E-state index is -1.00. The normalized spacial score (nSPS) is 22.4. The third kappa shape index (κ3) is 10.7. The van der Waals surface area contributed by atoms with Gasteiger partial charge in [0.05, 0.1) is 18.2 Å². The van der Waals surface area contributed by atoms with Crippen molar-refractivity contribution in [1.29, 1.82) is 0 Å². The lowest BCUT2D eigenvalue weighted by atomic mass is 9.72. The number of carbonyl (C=O) groups excluding carboxylic acids is 4. The van der Waals surface area contributed by atoms with E-state index in [9.17, 15) is 24.3 Å². The molecule has 1 saturated carbocycles. The quantitative estimate of drug-likeness (QED) is 0.249. The molecule has 9 heteroatoms. The lowest BCUT2D eigenvalue weighted by molar-refractivity contribution is -0.133. The Morgan fingerprint density at radius 2 is 1.65 bits per heavy atom. The number of Topliss-reactive ketones (excluding diaryl/α,β-unsaturated/α-hetero) is 1. The first-order chi connectivity index (χ1) is 22.7. The average molecular weight is 661 g/mol. The monoisotopic (exact) mass is 660 g/mol. The third-order valence-electron chi connectivity index (χ3n) is 9.84.